The molecule has 3 aromatic heterocycles. The monoisotopic (exact) mass is 932 g/mol. The van der Waals surface area contributed by atoms with E-state index in [1.165, 1.54) is 6.07 Å². The molecular weight excluding hydrogens is 875 g/mol. The fraction of sp³-hybridized carbons (Fsp3) is 0.510. The predicted molar refractivity (Wildman–Crippen MR) is 249 cm³/mol. The summed E-state index contributed by atoms with van der Waals surface area (Å²) in [6, 6.07) is 16.2. The molecule has 0 N–H and O–H groups in total. The van der Waals surface area contributed by atoms with Gasteiger partial charge in [0.2, 0.25) is 5.88 Å². The number of benzene rings is 2. The number of anilines is 2. The summed E-state index contributed by atoms with van der Waals surface area (Å²) in [6.45, 7) is 14.6. The molecule has 2 saturated carbocycles. The van der Waals surface area contributed by atoms with Crippen LogP contribution in [0.2, 0.25) is 0 Å². The maximum absolute atomic E-state index is 17.9. The number of pyridine rings is 2. The minimum Gasteiger partial charge on any atom is -0.497 e. The van der Waals surface area contributed by atoms with Crippen LogP contribution in [0.3, 0.4) is 0 Å². The maximum Gasteiger partial charge on any atom is 0.410 e. The minimum atomic E-state index is -0.837. The van der Waals surface area contributed by atoms with Crippen molar-refractivity contribution in [1.82, 2.24) is 29.7 Å². The molecule has 8 heterocycles. The zero-order chi connectivity index (χ0) is 47.3. The number of ether oxygens (including phenoxy) is 6. The van der Waals surface area contributed by atoms with E-state index in [1.807, 2.05) is 86.0 Å². The van der Waals surface area contributed by atoms with E-state index >= 15 is 8.78 Å². The summed E-state index contributed by atoms with van der Waals surface area (Å²) in [5.74, 6) is 0.355. The van der Waals surface area contributed by atoms with Crippen molar-refractivity contribution < 1.29 is 42.0 Å². The van der Waals surface area contributed by atoms with Gasteiger partial charge in [0.05, 0.1) is 46.1 Å². The van der Waals surface area contributed by atoms with Gasteiger partial charge in [-0.3, -0.25) is 9.80 Å². The first kappa shape index (κ1) is 44.4. The van der Waals surface area contributed by atoms with E-state index in [1.54, 1.807) is 21.1 Å². The number of nitrogens with zero attached hydrogens (tertiary/aromatic N) is 8. The Morgan fingerprint density at radius 2 is 1.57 bits per heavy atom. The predicted octanol–water partition coefficient (Wildman–Crippen LogP) is 7.74. The molecule has 5 aliphatic heterocycles. The lowest BCUT2D eigenvalue weighted by Gasteiger charge is -2.48. The fourth-order valence-electron chi connectivity index (χ4n) is 11.3. The van der Waals surface area contributed by atoms with Crippen LogP contribution in [0.5, 0.6) is 23.4 Å². The Morgan fingerprint density at radius 1 is 0.912 bits per heavy atom. The summed E-state index contributed by atoms with van der Waals surface area (Å²) in [4.78, 5) is 41.7. The Balaban J connectivity index is 1.01. The highest BCUT2D eigenvalue weighted by molar-refractivity contribution is 5.98. The van der Waals surface area contributed by atoms with Crippen LogP contribution in [0.1, 0.15) is 63.8 Å². The third-order valence-corrected chi connectivity index (χ3v) is 14.7. The van der Waals surface area contributed by atoms with Crippen LogP contribution in [0.25, 0.3) is 22.2 Å². The van der Waals surface area contributed by atoms with Gasteiger partial charge in [-0.1, -0.05) is 24.3 Å². The highest BCUT2D eigenvalue weighted by atomic mass is 19.1. The second-order valence-electron chi connectivity index (χ2n) is 20.4. The maximum atomic E-state index is 17.9. The molecule has 2 aliphatic carbocycles. The van der Waals surface area contributed by atoms with Crippen molar-refractivity contribution in [2.45, 2.75) is 96.3 Å². The van der Waals surface area contributed by atoms with Gasteiger partial charge in [-0.05, 0) is 95.3 Å². The molecule has 1 amide bonds. The van der Waals surface area contributed by atoms with Crippen molar-refractivity contribution >= 4 is 28.6 Å². The molecule has 1 unspecified atom stereocenters. The lowest BCUT2D eigenvalue weighted by Crippen LogP contribution is -2.65. The number of carbonyl (C=O) groups excluding carboxylic acids is 1. The second-order valence-corrected chi connectivity index (χ2v) is 20.4. The Kier molecular flexibility index (Phi) is 10.8. The number of hydrogen-bond donors (Lipinski definition) is 0. The van der Waals surface area contributed by atoms with Crippen molar-refractivity contribution in [2.75, 3.05) is 70.0 Å². The van der Waals surface area contributed by atoms with Crippen LogP contribution < -0.4 is 28.7 Å². The number of hydrogen-bond acceptors (Lipinski definition) is 14. The summed E-state index contributed by atoms with van der Waals surface area (Å²) < 4.78 is 71.4. The first-order chi connectivity index (χ1) is 32.7. The number of piperazine rings is 1. The minimum absolute atomic E-state index is 0.0186. The van der Waals surface area contributed by atoms with Gasteiger partial charge in [0.25, 0.3) is 0 Å². The third-order valence-electron chi connectivity index (χ3n) is 14.7. The summed E-state index contributed by atoms with van der Waals surface area (Å²) in [5.41, 5.74) is 0.271. The van der Waals surface area contributed by atoms with E-state index in [0.717, 1.165) is 50.0 Å². The molecule has 0 radical (unpaired) electrons. The highest BCUT2D eigenvalue weighted by Gasteiger charge is 2.82. The number of methoxy groups -OCH3 is 2. The van der Waals surface area contributed by atoms with Crippen LogP contribution in [-0.2, 0) is 22.6 Å². The fourth-order valence-corrected chi connectivity index (χ4v) is 11.3. The van der Waals surface area contributed by atoms with Crippen LogP contribution >= 0.6 is 0 Å². The molecule has 358 valence electrons. The van der Waals surface area contributed by atoms with Gasteiger partial charge in [-0.25, -0.2) is 23.5 Å². The van der Waals surface area contributed by atoms with E-state index in [9.17, 15) is 4.79 Å². The lowest BCUT2D eigenvalue weighted by molar-refractivity contribution is 0.00549. The summed E-state index contributed by atoms with van der Waals surface area (Å²) in [6.07, 6.45) is 1.81. The van der Waals surface area contributed by atoms with Crippen molar-refractivity contribution in [3.8, 4) is 34.6 Å². The van der Waals surface area contributed by atoms with Crippen molar-refractivity contribution in [3.05, 3.63) is 83.1 Å². The normalized spacial score (nSPS) is 24.2. The standard InChI is InChI=1S/C51H58F2N8O7/c1-29-22-36(39(52)45(54-29)59(24-31-8-12-34(63-6)13-9-31)25-32-10-14-35(64-7)15-11-32)41-40(53)42-38-44(57-47(56-42)66-28-50(16-17-50)27-58-18-20-65-21-19-58)60-26-33-23-37-43(61(33)48(62)68-49(3,4)5)51(37,60)30(2)67-46(38)55-41/h8-15,22,30,33,37,43H,16-21,23-28H2,1-7H3/t30-,33+,37?,43-,51-/m0/s1. The van der Waals surface area contributed by atoms with E-state index in [4.69, 9.17) is 48.4 Å². The number of morpholine rings is 1. The first-order valence-corrected chi connectivity index (χ1v) is 23.7. The second kappa shape index (κ2) is 16.6. The largest absolute Gasteiger partial charge is 0.497 e. The molecule has 2 aromatic carbocycles. The van der Waals surface area contributed by atoms with E-state index in [0.29, 0.717) is 49.4 Å². The van der Waals surface area contributed by atoms with Gasteiger partial charge in [-0.15, -0.1) is 0 Å². The molecule has 5 atom stereocenters. The van der Waals surface area contributed by atoms with Gasteiger partial charge in [0, 0.05) is 61.9 Å². The molecule has 5 aromatic rings. The van der Waals surface area contributed by atoms with Crippen LogP contribution in [-0.4, -0.2) is 125 Å². The molecule has 4 saturated heterocycles. The molecule has 6 fully saturated rings. The number of amides is 1. The van der Waals surface area contributed by atoms with Gasteiger partial charge in [-0.2, -0.15) is 9.97 Å². The Bertz CT molecular complexity index is 2720. The molecule has 7 aliphatic rings. The summed E-state index contributed by atoms with van der Waals surface area (Å²) >= 11 is 0. The average molecular weight is 933 g/mol. The Morgan fingerprint density at radius 3 is 2.19 bits per heavy atom. The molecule has 17 heteroatoms. The van der Waals surface area contributed by atoms with Gasteiger partial charge in [0.1, 0.15) is 51.2 Å². The topological polar surface area (TPSA) is 137 Å². The quantitative estimate of drug-likeness (QED) is 0.114. The number of halogens is 2. The van der Waals surface area contributed by atoms with E-state index in [2.05, 4.69) is 9.80 Å². The molecule has 1 spiro atoms. The lowest BCUT2D eigenvalue weighted by atomic mass is 9.92. The van der Waals surface area contributed by atoms with Crippen molar-refractivity contribution in [3.63, 3.8) is 0 Å². The zero-order valence-electron chi connectivity index (χ0n) is 39.7. The van der Waals surface area contributed by atoms with Gasteiger partial charge < -0.3 is 38.2 Å². The smallest absolute Gasteiger partial charge is 0.410 e. The van der Waals surface area contributed by atoms with Gasteiger partial charge >= 0.3 is 12.1 Å². The Hall–Kier alpha value is -6.07. The van der Waals surface area contributed by atoms with Crippen LogP contribution in [0, 0.1) is 29.9 Å². The van der Waals surface area contributed by atoms with Gasteiger partial charge in [0.15, 0.2) is 17.5 Å². The number of carbonyl (C=O) groups is 1. The Labute approximate surface area is 394 Å². The molecule has 68 heavy (non-hydrogen) atoms. The average Bonchev–Trinajstić information content (AvgIpc) is 4.22. The van der Waals surface area contributed by atoms with Crippen molar-refractivity contribution in [1.29, 1.82) is 0 Å². The molecular formula is C51H58F2N8O7. The van der Waals surface area contributed by atoms with E-state index < -0.39 is 28.9 Å². The zero-order valence-corrected chi connectivity index (χ0v) is 39.7. The summed E-state index contributed by atoms with van der Waals surface area (Å²) in [5, 5.41) is 0.277. The number of rotatable bonds is 13. The number of piperidine rings is 2. The highest BCUT2D eigenvalue weighted by Crippen LogP contribution is 2.68. The molecule has 12 rings (SSSR count). The number of aromatic nitrogens is 4. The SMILES string of the molecule is COc1ccc(CN(Cc2ccc(OC)cc2)c2nc(C)cc(-c3nc4c5c(nc(OCC6(CN7CCOCC7)CC6)nc5c3F)N3C[C@H]5CC6[C@H](N5C(=O)OC(C)(C)C)[C@]63[C@H](C)O4)c2F)cc1. The van der Waals surface area contributed by atoms with Crippen molar-refractivity contribution in [2.24, 2.45) is 11.3 Å². The summed E-state index contributed by atoms with van der Waals surface area (Å²) in [7, 11) is 3.21. The molecule has 4 bridgehead atoms. The third kappa shape index (κ3) is 7.65. The number of aryl methyl sites for hydroxylation is 1. The van der Waals surface area contributed by atoms with Crippen LogP contribution in [0.15, 0.2) is 54.6 Å². The first-order valence-electron chi connectivity index (χ1n) is 23.7. The van der Waals surface area contributed by atoms with Crippen LogP contribution in [0.4, 0.5) is 25.2 Å². The van der Waals surface area contributed by atoms with E-state index in [-0.39, 0.29) is 82.5 Å². The molecule has 15 nitrogen and oxygen atoms in total.